The van der Waals surface area contributed by atoms with Gasteiger partial charge in [0.2, 0.25) is 0 Å². The van der Waals surface area contributed by atoms with Crippen LogP contribution in [0.3, 0.4) is 0 Å². The molecule has 100 valence electrons. The van der Waals surface area contributed by atoms with E-state index in [1.807, 2.05) is 12.1 Å². The van der Waals surface area contributed by atoms with Crippen molar-refractivity contribution in [2.75, 3.05) is 13.1 Å². The number of nitrogens with one attached hydrogen (secondary N) is 1. The van der Waals surface area contributed by atoms with Crippen LogP contribution in [-0.4, -0.2) is 18.7 Å². The minimum Gasteiger partial charge on any atom is -0.364 e. The molecule has 2 nitrogen and oxygen atoms in total. The lowest BCUT2D eigenvalue weighted by atomic mass is 9.93. The predicted molar refractivity (Wildman–Crippen MR) is 76.5 cm³/mol. The van der Waals surface area contributed by atoms with E-state index < -0.39 is 0 Å². The van der Waals surface area contributed by atoms with E-state index in [0.717, 1.165) is 31.5 Å². The summed E-state index contributed by atoms with van der Waals surface area (Å²) in [5.74, 6) is 0. The average Bonchev–Trinajstić information content (AvgIpc) is 2.42. The maximum absolute atomic E-state index is 6.29. The molecular formula is C14H19Cl2NO. The zero-order valence-electron chi connectivity index (χ0n) is 10.8. The van der Waals surface area contributed by atoms with Crippen LogP contribution in [-0.2, 0) is 4.74 Å². The number of rotatable bonds is 3. The van der Waals surface area contributed by atoms with Crippen LogP contribution < -0.4 is 5.32 Å². The zero-order chi connectivity index (χ0) is 13.2. The van der Waals surface area contributed by atoms with Gasteiger partial charge < -0.3 is 10.1 Å². The molecule has 0 bridgehead atoms. The van der Waals surface area contributed by atoms with Crippen LogP contribution in [0.4, 0.5) is 0 Å². The molecule has 1 N–H and O–H groups in total. The van der Waals surface area contributed by atoms with Crippen molar-refractivity contribution in [2.45, 2.75) is 38.4 Å². The van der Waals surface area contributed by atoms with Gasteiger partial charge in [0, 0.05) is 18.7 Å². The Bertz CT molecular complexity index is 418. The van der Waals surface area contributed by atoms with E-state index in [-0.39, 0.29) is 11.7 Å². The molecule has 0 amide bonds. The van der Waals surface area contributed by atoms with E-state index in [0.29, 0.717) is 10.0 Å². The van der Waals surface area contributed by atoms with Crippen LogP contribution in [0, 0.1) is 0 Å². The summed E-state index contributed by atoms with van der Waals surface area (Å²) in [5, 5.41) is 4.64. The topological polar surface area (TPSA) is 21.3 Å². The van der Waals surface area contributed by atoms with Crippen LogP contribution >= 0.6 is 23.2 Å². The summed E-state index contributed by atoms with van der Waals surface area (Å²) in [6, 6.07) is 5.71. The number of morpholine rings is 1. The number of ether oxygens (including phenoxy) is 1. The molecule has 1 aliphatic heterocycles. The molecule has 0 radical (unpaired) electrons. The third-order valence-corrected chi connectivity index (χ3v) is 4.62. The van der Waals surface area contributed by atoms with E-state index in [2.05, 4.69) is 19.2 Å². The van der Waals surface area contributed by atoms with Crippen molar-refractivity contribution in [3.05, 3.63) is 33.8 Å². The van der Waals surface area contributed by atoms with E-state index in [1.165, 1.54) is 0 Å². The molecule has 1 aromatic carbocycles. The predicted octanol–water partition coefficient (Wildman–Crippen LogP) is 4.21. The SMILES string of the molecule is CCC1(CC)CNCC(c2cccc(Cl)c2Cl)O1. The molecular weight excluding hydrogens is 269 g/mol. The largest absolute Gasteiger partial charge is 0.364 e. The van der Waals surface area contributed by atoms with Gasteiger partial charge in [-0.3, -0.25) is 0 Å². The van der Waals surface area contributed by atoms with E-state index in [4.69, 9.17) is 27.9 Å². The minimum atomic E-state index is -0.0887. The summed E-state index contributed by atoms with van der Waals surface area (Å²) >= 11 is 12.3. The van der Waals surface area contributed by atoms with Gasteiger partial charge in [-0.25, -0.2) is 0 Å². The number of hydrogen-bond donors (Lipinski definition) is 1. The summed E-state index contributed by atoms with van der Waals surface area (Å²) < 4.78 is 6.29. The van der Waals surface area contributed by atoms with Gasteiger partial charge in [0.25, 0.3) is 0 Å². The Hall–Kier alpha value is -0.280. The molecule has 2 rings (SSSR count). The molecule has 0 aliphatic carbocycles. The monoisotopic (exact) mass is 287 g/mol. The maximum atomic E-state index is 6.29. The fourth-order valence-electron chi connectivity index (χ4n) is 2.43. The fraction of sp³-hybridized carbons (Fsp3) is 0.571. The van der Waals surface area contributed by atoms with Crippen LogP contribution in [0.25, 0.3) is 0 Å². The summed E-state index contributed by atoms with van der Waals surface area (Å²) in [4.78, 5) is 0. The van der Waals surface area contributed by atoms with Gasteiger partial charge >= 0.3 is 0 Å². The minimum absolute atomic E-state index is 0.0233. The van der Waals surface area contributed by atoms with Crippen molar-refractivity contribution >= 4 is 23.2 Å². The third kappa shape index (κ3) is 2.67. The molecule has 0 aromatic heterocycles. The van der Waals surface area contributed by atoms with Crippen molar-refractivity contribution in [3.8, 4) is 0 Å². The van der Waals surface area contributed by atoms with Crippen molar-refractivity contribution < 1.29 is 4.74 Å². The Morgan fingerprint density at radius 2 is 2.06 bits per heavy atom. The molecule has 0 saturated carbocycles. The van der Waals surface area contributed by atoms with Gasteiger partial charge in [-0.1, -0.05) is 49.2 Å². The molecule has 1 saturated heterocycles. The zero-order valence-corrected chi connectivity index (χ0v) is 12.3. The normalized spacial score (nSPS) is 23.0. The standard InChI is InChI=1S/C14H19Cl2NO/c1-3-14(4-2)9-17-8-12(18-14)10-6-5-7-11(15)13(10)16/h5-7,12,17H,3-4,8-9H2,1-2H3. The Labute approximate surface area is 119 Å². The maximum Gasteiger partial charge on any atom is 0.0972 e. The highest BCUT2D eigenvalue weighted by molar-refractivity contribution is 6.42. The number of hydrogen-bond acceptors (Lipinski definition) is 2. The second kappa shape index (κ2) is 5.79. The first-order valence-corrected chi connectivity index (χ1v) is 7.20. The third-order valence-electron chi connectivity index (χ3n) is 3.79. The average molecular weight is 288 g/mol. The number of halogens is 2. The van der Waals surface area contributed by atoms with Crippen LogP contribution in [0.5, 0.6) is 0 Å². The summed E-state index contributed by atoms with van der Waals surface area (Å²) in [7, 11) is 0. The first kappa shape index (κ1) is 14.1. The lowest BCUT2D eigenvalue weighted by molar-refractivity contribution is -0.122. The van der Waals surface area contributed by atoms with Gasteiger partial charge in [-0.2, -0.15) is 0 Å². The molecule has 1 aliphatic rings. The van der Waals surface area contributed by atoms with E-state index in [1.54, 1.807) is 6.07 Å². The molecule has 1 atom stereocenters. The Balaban J connectivity index is 2.26. The van der Waals surface area contributed by atoms with E-state index >= 15 is 0 Å². The van der Waals surface area contributed by atoms with Crippen molar-refractivity contribution in [3.63, 3.8) is 0 Å². The molecule has 0 spiro atoms. The van der Waals surface area contributed by atoms with Crippen molar-refractivity contribution in [1.82, 2.24) is 5.32 Å². The Morgan fingerprint density at radius 1 is 1.33 bits per heavy atom. The first-order valence-electron chi connectivity index (χ1n) is 6.44. The highest BCUT2D eigenvalue weighted by atomic mass is 35.5. The molecule has 1 aromatic rings. The fourth-order valence-corrected chi connectivity index (χ4v) is 2.85. The lowest BCUT2D eigenvalue weighted by Gasteiger charge is -2.41. The molecule has 18 heavy (non-hydrogen) atoms. The summed E-state index contributed by atoms with van der Waals surface area (Å²) in [6.45, 7) is 6.00. The second-order valence-corrected chi connectivity index (χ2v) is 5.56. The lowest BCUT2D eigenvalue weighted by Crippen LogP contribution is -2.50. The van der Waals surface area contributed by atoms with Crippen molar-refractivity contribution in [1.29, 1.82) is 0 Å². The molecule has 1 fully saturated rings. The summed E-state index contributed by atoms with van der Waals surface area (Å²) in [6.07, 6.45) is 1.96. The second-order valence-electron chi connectivity index (χ2n) is 4.77. The van der Waals surface area contributed by atoms with Gasteiger partial charge in [-0.15, -0.1) is 0 Å². The first-order chi connectivity index (χ1) is 8.62. The van der Waals surface area contributed by atoms with Gasteiger partial charge in [0.15, 0.2) is 0 Å². The van der Waals surface area contributed by atoms with Gasteiger partial charge in [0.05, 0.1) is 21.8 Å². The quantitative estimate of drug-likeness (QED) is 0.899. The number of benzene rings is 1. The smallest absolute Gasteiger partial charge is 0.0972 e. The van der Waals surface area contributed by atoms with Gasteiger partial charge in [-0.05, 0) is 18.9 Å². The van der Waals surface area contributed by atoms with E-state index in [9.17, 15) is 0 Å². The molecule has 1 unspecified atom stereocenters. The molecule has 1 heterocycles. The molecule has 4 heteroatoms. The Kier molecular flexibility index (Phi) is 4.54. The van der Waals surface area contributed by atoms with Crippen molar-refractivity contribution in [2.24, 2.45) is 0 Å². The Morgan fingerprint density at radius 3 is 2.72 bits per heavy atom. The highest BCUT2D eigenvalue weighted by Gasteiger charge is 2.35. The van der Waals surface area contributed by atoms with Crippen LogP contribution in [0.1, 0.15) is 38.4 Å². The highest BCUT2D eigenvalue weighted by Crippen LogP contribution is 2.37. The summed E-state index contributed by atoms with van der Waals surface area (Å²) in [5.41, 5.74) is 0.886. The van der Waals surface area contributed by atoms with Gasteiger partial charge in [0.1, 0.15) is 0 Å². The van der Waals surface area contributed by atoms with Crippen LogP contribution in [0.2, 0.25) is 10.0 Å². The van der Waals surface area contributed by atoms with Crippen LogP contribution in [0.15, 0.2) is 18.2 Å².